The minimum atomic E-state index is -0.122. The third-order valence-electron chi connectivity index (χ3n) is 14.0. The monoisotopic (exact) mass is 855 g/mol. The van der Waals surface area contributed by atoms with Gasteiger partial charge in [-0.25, -0.2) is 0 Å². The number of fused-ring (bicyclic) bond motifs is 4. The van der Waals surface area contributed by atoms with Crippen LogP contribution in [0.15, 0.2) is 188 Å². The molecule has 8 aromatic carbocycles. The van der Waals surface area contributed by atoms with Crippen LogP contribution in [-0.4, -0.2) is 11.3 Å². The van der Waals surface area contributed by atoms with Crippen molar-refractivity contribution in [3.63, 3.8) is 0 Å². The number of anilines is 6. The molecular weight excluding hydrogens is 798 g/mol. The first-order valence-corrected chi connectivity index (χ1v) is 23.6. The van der Waals surface area contributed by atoms with E-state index in [1.54, 1.807) is 0 Å². The molecule has 3 heterocycles. The zero-order valence-electron chi connectivity index (χ0n) is 39.8. The van der Waals surface area contributed by atoms with Crippen molar-refractivity contribution >= 4 is 62.8 Å². The molecule has 2 aliphatic rings. The first kappa shape index (κ1) is 41.7. The minimum absolute atomic E-state index is 0.0202. The molecule has 0 saturated carbocycles. The molecule has 0 bridgehead atoms. The highest BCUT2D eigenvalue weighted by molar-refractivity contribution is 6.89. The van der Waals surface area contributed by atoms with E-state index < -0.39 is 0 Å². The Bertz CT molecular complexity index is 3240. The fourth-order valence-electron chi connectivity index (χ4n) is 10.5. The number of aromatic nitrogens is 1. The van der Waals surface area contributed by atoms with Crippen molar-refractivity contribution in [2.24, 2.45) is 0 Å². The summed E-state index contributed by atoms with van der Waals surface area (Å²) < 4.78 is 2.74. The molecule has 0 N–H and O–H groups in total. The molecule has 0 spiro atoms. The van der Waals surface area contributed by atoms with Crippen LogP contribution in [-0.2, 0) is 16.2 Å². The second kappa shape index (κ2) is 15.3. The highest BCUT2D eigenvalue weighted by atomic mass is 15.2. The molecule has 0 amide bonds. The van der Waals surface area contributed by atoms with Gasteiger partial charge in [0.25, 0.3) is 0 Å². The lowest BCUT2D eigenvalue weighted by atomic mass is 9.44. The summed E-state index contributed by atoms with van der Waals surface area (Å²) in [5.74, 6) is 0. The first-order valence-electron chi connectivity index (χ1n) is 23.6. The lowest BCUT2D eigenvalue weighted by Gasteiger charge is -2.42. The fourth-order valence-corrected chi connectivity index (χ4v) is 10.5. The van der Waals surface area contributed by atoms with Gasteiger partial charge < -0.3 is 14.3 Å². The van der Waals surface area contributed by atoms with Crippen molar-refractivity contribution in [3.8, 4) is 33.5 Å². The van der Waals surface area contributed by atoms with E-state index >= 15 is 0 Å². The predicted octanol–water partition coefficient (Wildman–Crippen LogP) is 15.8. The number of benzene rings is 8. The summed E-state index contributed by atoms with van der Waals surface area (Å²) in [7, 11) is 0. The minimum Gasteiger partial charge on any atom is -0.375 e. The maximum atomic E-state index is 2.74. The Balaban J connectivity index is 1.31. The normalized spacial score (nSPS) is 13.2. The number of nitrogens with zero attached hydrogens (tertiary/aromatic N) is 3. The smallest absolute Gasteiger partial charge is 0.333 e. The third-order valence-corrected chi connectivity index (χ3v) is 14.0. The highest BCUT2D eigenvalue weighted by Gasteiger charge is 2.45. The Labute approximate surface area is 392 Å². The molecule has 4 heteroatoms. The van der Waals surface area contributed by atoms with Crippen molar-refractivity contribution in [2.45, 2.75) is 78.6 Å². The van der Waals surface area contributed by atoms with E-state index in [2.05, 4.69) is 265 Å². The topological polar surface area (TPSA) is 11.4 Å². The Kier molecular flexibility index (Phi) is 9.64. The number of hydrogen-bond acceptors (Lipinski definition) is 2. The third kappa shape index (κ3) is 6.80. The van der Waals surface area contributed by atoms with Gasteiger partial charge in [0.05, 0.1) is 0 Å². The van der Waals surface area contributed by atoms with Gasteiger partial charge in [0.1, 0.15) is 0 Å². The number of rotatable bonds is 6. The van der Waals surface area contributed by atoms with Crippen LogP contribution >= 0.6 is 0 Å². The van der Waals surface area contributed by atoms with Crippen LogP contribution < -0.4 is 20.7 Å². The highest BCUT2D eigenvalue weighted by Crippen LogP contribution is 2.52. The van der Waals surface area contributed by atoms with E-state index in [9.17, 15) is 0 Å². The maximum Gasteiger partial charge on any atom is 0.333 e. The van der Waals surface area contributed by atoms with E-state index in [4.69, 9.17) is 0 Å². The second-order valence-electron chi connectivity index (χ2n) is 21.5. The molecule has 0 unspecified atom stereocenters. The Morgan fingerprint density at radius 1 is 0.424 bits per heavy atom. The molecule has 3 nitrogen and oxygen atoms in total. The van der Waals surface area contributed by atoms with Crippen LogP contribution in [0.2, 0.25) is 0 Å². The Hall–Kier alpha value is -7.04. The molecule has 0 radical (unpaired) electrons. The molecule has 0 aliphatic carbocycles. The number of para-hydroxylation sites is 2. The van der Waals surface area contributed by atoms with Crippen molar-refractivity contribution in [2.75, 3.05) is 9.80 Å². The molecule has 11 rings (SSSR count). The summed E-state index contributed by atoms with van der Waals surface area (Å²) >= 11 is 0. The van der Waals surface area contributed by atoms with Crippen molar-refractivity contribution in [3.05, 3.63) is 205 Å². The van der Waals surface area contributed by atoms with Gasteiger partial charge in [-0.1, -0.05) is 184 Å². The zero-order valence-corrected chi connectivity index (χ0v) is 39.8. The standard InChI is InChI=1S/C62H58BN3/c1-60(2,3)43-30-32-48(33-31-43)65-54-40-49(64(46-26-18-12-19-27-46)47-28-20-13-21-29-47)34-35-53(54)63-57-50(36-45(39-55(57)65)62(7,8)9)51-37-44(61(4,5)6)38-52-56(41-22-14-10-15-23-41)58(66(63)59(51)52)42-24-16-11-17-25-42/h10-40H,1-9H3. The summed E-state index contributed by atoms with van der Waals surface area (Å²) in [5.41, 5.74) is 22.2. The molecule has 324 valence electrons. The van der Waals surface area contributed by atoms with Crippen molar-refractivity contribution in [1.29, 1.82) is 0 Å². The Morgan fingerprint density at radius 3 is 1.50 bits per heavy atom. The lowest BCUT2D eigenvalue weighted by Crippen LogP contribution is -2.57. The summed E-state index contributed by atoms with van der Waals surface area (Å²) in [4.78, 5) is 4.98. The van der Waals surface area contributed by atoms with Crippen LogP contribution in [0, 0.1) is 0 Å². The maximum absolute atomic E-state index is 2.74. The van der Waals surface area contributed by atoms with Gasteiger partial charge in [-0.15, -0.1) is 0 Å². The summed E-state index contributed by atoms with van der Waals surface area (Å²) in [5, 5.41) is 1.30. The van der Waals surface area contributed by atoms with E-state index in [0.29, 0.717) is 0 Å². The largest absolute Gasteiger partial charge is 0.375 e. The molecule has 1 aromatic heterocycles. The summed E-state index contributed by atoms with van der Waals surface area (Å²) in [6.45, 7) is 20.9. The average Bonchev–Trinajstić information content (AvgIpc) is 3.66. The van der Waals surface area contributed by atoms with Crippen LogP contribution in [0.4, 0.5) is 34.1 Å². The van der Waals surface area contributed by atoms with Crippen LogP contribution in [0.1, 0.15) is 79.0 Å². The molecular formula is C62H58BN3. The zero-order chi connectivity index (χ0) is 45.7. The van der Waals surface area contributed by atoms with Gasteiger partial charge in [0.15, 0.2) is 0 Å². The van der Waals surface area contributed by atoms with Gasteiger partial charge >= 0.3 is 6.85 Å². The molecule has 9 aromatic rings. The first-order chi connectivity index (χ1) is 31.7. The van der Waals surface area contributed by atoms with E-state index in [1.807, 2.05) is 0 Å². The SMILES string of the molecule is CC(C)(C)c1ccc(N2c3cc(N(c4ccccc4)c4ccccc4)ccc3B3c4c(cc(C(C)(C)C)cc42)-c2cc(C(C)(C)C)cc4c(-c5ccccc5)c(-c5ccccc5)n3c24)cc1. The Morgan fingerprint density at radius 2 is 0.939 bits per heavy atom. The average molecular weight is 856 g/mol. The molecule has 0 saturated heterocycles. The van der Waals surface area contributed by atoms with Gasteiger partial charge in [-0.05, 0) is 127 Å². The van der Waals surface area contributed by atoms with Crippen molar-refractivity contribution < 1.29 is 0 Å². The van der Waals surface area contributed by atoms with E-state index in [-0.39, 0.29) is 23.1 Å². The lowest BCUT2D eigenvalue weighted by molar-refractivity contribution is 0.589. The predicted molar refractivity (Wildman–Crippen MR) is 284 cm³/mol. The molecule has 2 aliphatic heterocycles. The van der Waals surface area contributed by atoms with E-state index in [1.165, 1.54) is 83.4 Å². The van der Waals surface area contributed by atoms with Crippen LogP contribution in [0.3, 0.4) is 0 Å². The quantitative estimate of drug-likeness (QED) is 0.154. The second-order valence-corrected chi connectivity index (χ2v) is 21.5. The van der Waals surface area contributed by atoms with Gasteiger partial charge in [-0.3, -0.25) is 0 Å². The fraction of sp³-hybridized carbons (Fsp3) is 0.194. The van der Waals surface area contributed by atoms with Crippen molar-refractivity contribution in [1.82, 2.24) is 4.48 Å². The molecule has 0 fully saturated rings. The summed E-state index contributed by atoms with van der Waals surface area (Å²) in [6, 6.07) is 70.6. The van der Waals surface area contributed by atoms with E-state index in [0.717, 1.165) is 22.7 Å². The summed E-state index contributed by atoms with van der Waals surface area (Å²) in [6.07, 6.45) is 0. The van der Waals surface area contributed by atoms with Gasteiger partial charge in [0, 0.05) is 61.8 Å². The number of hydrogen-bond donors (Lipinski definition) is 0. The van der Waals surface area contributed by atoms with Crippen LogP contribution in [0.5, 0.6) is 0 Å². The molecule has 66 heavy (non-hydrogen) atoms. The van der Waals surface area contributed by atoms with Gasteiger partial charge in [0.2, 0.25) is 0 Å². The van der Waals surface area contributed by atoms with Crippen LogP contribution in [0.25, 0.3) is 44.4 Å². The van der Waals surface area contributed by atoms with Gasteiger partial charge in [-0.2, -0.15) is 0 Å². The molecule has 0 atom stereocenters.